The maximum Gasteiger partial charge on any atom is 0.289 e. The summed E-state index contributed by atoms with van der Waals surface area (Å²) in [6.07, 6.45) is 4.96. The summed E-state index contributed by atoms with van der Waals surface area (Å²) in [5, 5.41) is 0. The lowest BCUT2D eigenvalue weighted by atomic mass is 9.99. The van der Waals surface area contributed by atoms with Crippen molar-refractivity contribution in [2.75, 3.05) is 25.6 Å². The molecule has 0 aliphatic carbocycles. The number of hydrogen-bond acceptors (Lipinski definition) is 5. The van der Waals surface area contributed by atoms with Gasteiger partial charge in [0.1, 0.15) is 5.76 Å². The van der Waals surface area contributed by atoms with Crippen molar-refractivity contribution in [2.24, 2.45) is 5.92 Å². The van der Waals surface area contributed by atoms with Crippen molar-refractivity contribution >= 4 is 27.7 Å². The van der Waals surface area contributed by atoms with E-state index in [9.17, 15) is 13.2 Å². The number of carbonyl (C=O) groups is 1. The average Bonchev–Trinajstić information content (AvgIpc) is 3.05. The quantitative estimate of drug-likeness (QED) is 0.804. The molecule has 1 aromatic rings. The number of nitrogens with one attached hydrogen (secondary N) is 1. The summed E-state index contributed by atoms with van der Waals surface area (Å²) < 4.78 is 31.3. The number of likely N-dealkylation sites (tertiary alicyclic amines) is 1. The molecule has 1 aliphatic rings. The Hall–Kier alpha value is -0.990. The number of furan rings is 1. The smallest absolute Gasteiger partial charge is 0.289 e. The Morgan fingerprint density at radius 1 is 1.43 bits per heavy atom. The van der Waals surface area contributed by atoms with Crippen molar-refractivity contribution in [3.63, 3.8) is 0 Å². The molecule has 0 spiro atoms. The van der Waals surface area contributed by atoms with Crippen molar-refractivity contribution in [1.82, 2.24) is 9.62 Å². The Labute approximate surface area is 142 Å². The van der Waals surface area contributed by atoms with Crippen molar-refractivity contribution < 1.29 is 17.6 Å². The van der Waals surface area contributed by atoms with Gasteiger partial charge in [-0.15, -0.1) is 0 Å². The van der Waals surface area contributed by atoms with Gasteiger partial charge in [-0.05, 0) is 30.7 Å². The Morgan fingerprint density at radius 3 is 2.78 bits per heavy atom. The number of amides is 1. The minimum Gasteiger partial charge on any atom is -0.455 e. The molecular weight excluding hydrogens is 336 g/mol. The largest absolute Gasteiger partial charge is 0.455 e. The van der Waals surface area contributed by atoms with Crippen LogP contribution in [-0.4, -0.2) is 50.9 Å². The number of thioether (sulfide) groups is 1. The Kier molecular flexibility index (Phi) is 6.16. The molecule has 0 saturated carbocycles. The fraction of sp³-hybridized carbons (Fsp3) is 0.667. The SMILES string of the molecule is CCC[C@@H]1CN(C(=O)c2ccc(CSC)o2)C[C@H]1NS(C)(=O)=O. The summed E-state index contributed by atoms with van der Waals surface area (Å²) in [4.78, 5) is 14.3. The van der Waals surface area contributed by atoms with E-state index in [1.807, 2.05) is 12.3 Å². The number of rotatable bonds is 7. The van der Waals surface area contributed by atoms with E-state index in [0.717, 1.165) is 30.6 Å². The fourth-order valence-electron chi connectivity index (χ4n) is 2.98. The Morgan fingerprint density at radius 2 is 2.17 bits per heavy atom. The van der Waals surface area contributed by atoms with Gasteiger partial charge in [-0.2, -0.15) is 11.8 Å². The summed E-state index contributed by atoms with van der Waals surface area (Å²) in [6.45, 7) is 3.00. The van der Waals surface area contributed by atoms with Gasteiger partial charge in [-0.3, -0.25) is 4.79 Å². The van der Waals surface area contributed by atoms with Crippen molar-refractivity contribution in [1.29, 1.82) is 0 Å². The second-order valence-corrected chi connectivity index (χ2v) is 8.60. The van der Waals surface area contributed by atoms with E-state index in [1.165, 1.54) is 0 Å². The topological polar surface area (TPSA) is 79.6 Å². The molecule has 0 bridgehead atoms. The highest BCUT2D eigenvalue weighted by Gasteiger charge is 2.37. The first-order chi connectivity index (χ1) is 10.8. The minimum absolute atomic E-state index is 0.138. The van der Waals surface area contributed by atoms with E-state index in [1.54, 1.807) is 22.7 Å². The summed E-state index contributed by atoms with van der Waals surface area (Å²) >= 11 is 1.63. The Balaban J connectivity index is 2.08. The lowest BCUT2D eigenvalue weighted by Gasteiger charge is -2.17. The van der Waals surface area contributed by atoms with Gasteiger partial charge in [0, 0.05) is 19.1 Å². The number of nitrogens with zero attached hydrogens (tertiary/aromatic N) is 1. The van der Waals surface area contributed by atoms with Crippen LogP contribution in [0.4, 0.5) is 0 Å². The van der Waals surface area contributed by atoms with Crippen molar-refractivity contribution in [2.45, 2.75) is 31.6 Å². The molecule has 2 rings (SSSR count). The molecule has 8 heteroatoms. The number of hydrogen-bond donors (Lipinski definition) is 1. The lowest BCUT2D eigenvalue weighted by molar-refractivity contribution is 0.0752. The maximum atomic E-state index is 12.6. The van der Waals surface area contributed by atoms with Gasteiger partial charge in [0.2, 0.25) is 10.0 Å². The summed E-state index contributed by atoms with van der Waals surface area (Å²) in [6, 6.07) is 3.28. The summed E-state index contributed by atoms with van der Waals surface area (Å²) in [5.41, 5.74) is 0. The third-order valence-corrected chi connectivity index (χ3v) is 5.22. The molecule has 130 valence electrons. The predicted octanol–water partition coefficient (Wildman–Crippen LogP) is 1.93. The maximum absolute atomic E-state index is 12.6. The highest BCUT2D eigenvalue weighted by Crippen LogP contribution is 2.25. The first kappa shape index (κ1) is 18.4. The molecule has 0 radical (unpaired) electrons. The van der Waals surface area contributed by atoms with Gasteiger partial charge in [0.15, 0.2) is 5.76 Å². The van der Waals surface area contributed by atoms with E-state index in [0.29, 0.717) is 18.8 Å². The van der Waals surface area contributed by atoms with Crippen LogP contribution in [0, 0.1) is 5.92 Å². The first-order valence-corrected chi connectivity index (χ1v) is 11.0. The van der Waals surface area contributed by atoms with E-state index in [2.05, 4.69) is 11.6 Å². The normalized spacial score (nSPS) is 21.8. The summed E-state index contributed by atoms with van der Waals surface area (Å²) in [5.74, 6) is 1.79. The van der Waals surface area contributed by atoms with Crippen LogP contribution in [-0.2, 0) is 15.8 Å². The molecule has 0 unspecified atom stereocenters. The van der Waals surface area contributed by atoms with Crippen LogP contribution in [0.3, 0.4) is 0 Å². The minimum atomic E-state index is -3.29. The van der Waals surface area contributed by atoms with E-state index >= 15 is 0 Å². The average molecular weight is 361 g/mol. The lowest BCUT2D eigenvalue weighted by Crippen LogP contribution is -2.40. The van der Waals surface area contributed by atoms with E-state index in [4.69, 9.17) is 4.42 Å². The molecule has 1 N–H and O–H groups in total. The second kappa shape index (κ2) is 7.72. The zero-order valence-electron chi connectivity index (χ0n) is 13.7. The molecular formula is C15H24N2O4S2. The number of sulfonamides is 1. The zero-order chi connectivity index (χ0) is 17.0. The van der Waals surface area contributed by atoms with Gasteiger partial charge in [0.05, 0.1) is 12.0 Å². The van der Waals surface area contributed by atoms with Crippen molar-refractivity contribution in [3.8, 4) is 0 Å². The van der Waals surface area contributed by atoms with Crippen LogP contribution < -0.4 is 4.72 Å². The fourth-order valence-corrected chi connectivity index (χ4v) is 4.23. The highest BCUT2D eigenvalue weighted by molar-refractivity contribution is 7.97. The molecule has 1 aromatic heterocycles. The van der Waals surface area contributed by atoms with Crippen molar-refractivity contribution in [3.05, 3.63) is 23.7 Å². The molecule has 1 aliphatic heterocycles. The molecule has 2 heterocycles. The van der Waals surface area contributed by atoms with Crippen LogP contribution in [0.25, 0.3) is 0 Å². The third kappa shape index (κ3) is 4.99. The zero-order valence-corrected chi connectivity index (χ0v) is 15.4. The van der Waals surface area contributed by atoms with Gasteiger partial charge in [-0.1, -0.05) is 13.3 Å². The van der Waals surface area contributed by atoms with Gasteiger partial charge in [-0.25, -0.2) is 13.1 Å². The van der Waals surface area contributed by atoms with Crippen LogP contribution in [0.1, 0.15) is 36.1 Å². The van der Waals surface area contributed by atoms with Crippen LogP contribution in [0.5, 0.6) is 0 Å². The Bertz CT molecular complexity index is 642. The molecule has 2 atom stereocenters. The number of carbonyl (C=O) groups excluding carboxylic acids is 1. The van der Waals surface area contributed by atoms with Crippen LogP contribution in [0.2, 0.25) is 0 Å². The van der Waals surface area contributed by atoms with Crippen LogP contribution >= 0.6 is 11.8 Å². The second-order valence-electron chi connectivity index (χ2n) is 5.95. The summed E-state index contributed by atoms with van der Waals surface area (Å²) in [7, 11) is -3.29. The molecule has 1 fully saturated rings. The van der Waals surface area contributed by atoms with E-state index < -0.39 is 10.0 Å². The third-order valence-electron chi connectivity index (χ3n) is 3.91. The molecule has 6 nitrogen and oxygen atoms in total. The monoisotopic (exact) mass is 360 g/mol. The highest BCUT2D eigenvalue weighted by atomic mass is 32.2. The van der Waals surface area contributed by atoms with Crippen LogP contribution in [0.15, 0.2) is 16.5 Å². The van der Waals surface area contributed by atoms with E-state index in [-0.39, 0.29) is 17.9 Å². The molecule has 0 aromatic carbocycles. The predicted molar refractivity (Wildman–Crippen MR) is 92.0 cm³/mol. The first-order valence-electron chi connectivity index (χ1n) is 7.68. The molecule has 23 heavy (non-hydrogen) atoms. The van der Waals surface area contributed by atoms with Gasteiger partial charge < -0.3 is 9.32 Å². The molecule has 1 amide bonds. The van der Waals surface area contributed by atoms with Gasteiger partial charge in [0.25, 0.3) is 5.91 Å². The molecule has 1 saturated heterocycles. The standard InChI is InChI=1S/C15H24N2O4S2/c1-4-5-11-8-17(9-13(11)16-23(3,19)20)15(18)14-7-6-12(21-14)10-22-2/h6-7,11,13,16H,4-5,8-10H2,1-3H3/t11-,13-/m1/s1. The van der Waals surface area contributed by atoms with Gasteiger partial charge >= 0.3 is 0 Å².